The molecule has 2 aromatic rings. The molecule has 0 fully saturated rings. The molecule has 0 saturated carbocycles. The van der Waals surface area contributed by atoms with Crippen molar-refractivity contribution in [3.8, 4) is 0 Å². The van der Waals surface area contributed by atoms with E-state index in [9.17, 15) is 9.59 Å². The highest BCUT2D eigenvalue weighted by atomic mass is 32.2. The van der Waals surface area contributed by atoms with Gasteiger partial charge in [-0.1, -0.05) is 41.3 Å². The zero-order chi connectivity index (χ0) is 15.9. The Kier molecular flexibility index (Phi) is 5.73. The van der Waals surface area contributed by atoms with Gasteiger partial charge in [-0.15, -0.1) is 10.2 Å². The molecule has 0 saturated heterocycles. The highest BCUT2D eigenvalue weighted by Crippen LogP contribution is 2.28. The Hall–Kier alpha value is -2.13. The molecule has 22 heavy (non-hydrogen) atoms. The third-order valence-electron chi connectivity index (χ3n) is 2.50. The van der Waals surface area contributed by atoms with Crippen LogP contribution in [0, 0.1) is 6.92 Å². The molecule has 116 valence electrons. The first-order valence-corrected chi connectivity index (χ1v) is 8.19. The summed E-state index contributed by atoms with van der Waals surface area (Å²) >= 11 is 2.62. The number of carbonyl (C=O) groups is 2. The number of carbonyl (C=O) groups excluding carboxylic acids is 2. The van der Waals surface area contributed by atoms with E-state index in [0.717, 1.165) is 11.3 Å². The molecule has 0 unspecified atom stereocenters. The Balaban J connectivity index is 1.85. The SMILES string of the molecule is CC(=O)NNC(=O)CSc1nnc(Nc2ccccc2C)s1. The van der Waals surface area contributed by atoms with E-state index in [2.05, 4.69) is 26.4 Å². The second kappa shape index (κ2) is 7.76. The van der Waals surface area contributed by atoms with Gasteiger partial charge in [0, 0.05) is 12.6 Å². The van der Waals surface area contributed by atoms with Crippen LogP contribution in [-0.2, 0) is 9.59 Å². The molecule has 7 nitrogen and oxygen atoms in total. The van der Waals surface area contributed by atoms with Crippen molar-refractivity contribution in [2.75, 3.05) is 11.1 Å². The van der Waals surface area contributed by atoms with Gasteiger partial charge in [-0.3, -0.25) is 20.4 Å². The lowest BCUT2D eigenvalue weighted by Crippen LogP contribution is -2.41. The lowest BCUT2D eigenvalue weighted by atomic mass is 10.2. The van der Waals surface area contributed by atoms with E-state index in [0.29, 0.717) is 9.47 Å². The number of anilines is 2. The Labute approximate surface area is 135 Å². The van der Waals surface area contributed by atoms with E-state index in [4.69, 9.17) is 0 Å². The van der Waals surface area contributed by atoms with Crippen molar-refractivity contribution in [1.29, 1.82) is 0 Å². The van der Waals surface area contributed by atoms with Crippen LogP contribution < -0.4 is 16.2 Å². The monoisotopic (exact) mass is 337 g/mol. The van der Waals surface area contributed by atoms with Gasteiger partial charge in [0.05, 0.1) is 5.75 Å². The lowest BCUT2D eigenvalue weighted by Gasteiger charge is -2.04. The minimum atomic E-state index is -0.320. The van der Waals surface area contributed by atoms with Crippen LogP contribution in [0.4, 0.5) is 10.8 Å². The fourth-order valence-electron chi connectivity index (χ4n) is 1.47. The van der Waals surface area contributed by atoms with Gasteiger partial charge in [0.25, 0.3) is 0 Å². The van der Waals surface area contributed by atoms with Crippen molar-refractivity contribution in [3.63, 3.8) is 0 Å². The van der Waals surface area contributed by atoms with Gasteiger partial charge in [-0.2, -0.15) is 0 Å². The average Bonchev–Trinajstić information content (AvgIpc) is 2.93. The zero-order valence-electron chi connectivity index (χ0n) is 12.0. The third kappa shape index (κ3) is 5.01. The summed E-state index contributed by atoms with van der Waals surface area (Å²) in [7, 11) is 0. The Morgan fingerprint density at radius 3 is 2.73 bits per heavy atom. The molecule has 1 aromatic carbocycles. The summed E-state index contributed by atoms with van der Waals surface area (Å²) < 4.78 is 0.675. The van der Waals surface area contributed by atoms with Crippen molar-refractivity contribution in [3.05, 3.63) is 29.8 Å². The number of hydrogen-bond acceptors (Lipinski definition) is 7. The van der Waals surface area contributed by atoms with Crippen LogP contribution in [0.3, 0.4) is 0 Å². The normalized spacial score (nSPS) is 10.1. The summed E-state index contributed by atoms with van der Waals surface area (Å²) in [5, 5.41) is 11.9. The number of benzene rings is 1. The molecule has 2 rings (SSSR count). The van der Waals surface area contributed by atoms with E-state index < -0.39 is 0 Å². The number of amides is 2. The smallest absolute Gasteiger partial charge is 0.248 e. The first-order valence-electron chi connectivity index (χ1n) is 6.39. The second-order valence-electron chi connectivity index (χ2n) is 4.33. The number of nitrogens with zero attached hydrogens (tertiary/aromatic N) is 2. The van der Waals surface area contributed by atoms with Gasteiger partial charge in [-0.05, 0) is 18.6 Å². The predicted octanol–water partition coefficient (Wildman–Crippen LogP) is 1.85. The largest absolute Gasteiger partial charge is 0.330 e. The van der Waals surface area contributed by atoms with E-state index >= 15 is 0 Å². The van der Waals surface area contributed by atoms with Crippen LogP contribution in [0.2, 0.25) is 0 Å². The molecule has 3 N–H and O–H groups in total. The van der Waals surface area contributed by atoms with Crippen molar-refractivity contribution >= 4 is 45.7 Å². The molecule has 0 spiro atoms. The summed E-state index contributed by atoms with van der Waals surface area (Å²) in [5.41, 5.74) is 6.60. The minimum Gasteiger partial charge on any atom is -0.330 e. The standard InChI is InChI=1S/C13H15N5O2S2/c1-8-5-3-4-6-10(8)14-12-17-18-13(22-12)21-7-11(20)16-15-9(2)19/h3-6H,7H2,1-2H3,(H,14,17)(H,15,19)(H,16,20). The second-order valence-corrected chi connectivity index (χ2v) is 6.53. The van der Waals surface area contributed by atoms with Crippen molar-refractivity contribution in [1.82, 2.24) is 21.0 Å². The molecule has 0 atom stereocenters. The van der Waals surface area contributed by atoms with Gasteiger partial charge in [0.1, 0.15) is 0 Å². The molecule has 2 amide bonds. The lowest BCUT2D eigenvalue weighted by molar-refractivity contribution is -0.126. The quantitative estimate of drug-likeness (QED) is 0.569. The topological polar surface area (TPSA) is 96.0 Å². The predicted molar refractivity (Wildman–Crippen MR) is 87.1 cm³/mol. The molecule has 1 heterocycles. The van der Waals surface area contributed by atoms with Crippen molar-refractivity contribution in [2.45, 2.75) is 18.2 Å². The number of aromatic nitrogens is 2. The fraction of sp³-hybridized carbons (Fsp3) is 0.231. The molecular weight excluding hydrogens is 322 g/mol. The highest BCUT2D eigenvalue weighted by Gasteiger charge is 2.09. The van der Waals surface area contributed by atoms with Crippen LogP contribution in [0.15, 0.2) is 28.6 Å². The summed E-state index contributed by atoms with van der Waals surface area (Å²) in [6.45, 7) is 3.33. The molecule has 0 radical (unpaired) electrons. The van der Waals surface area contributed by atoms with Crippen molar-refractivity contribution in [2.24, 2.45) is 0 Å². The van der Waals surface area contributed by atoms with Crippen LogP contribution in [0.1, 0.15) is 12.5 Å². The average molecular weight is 337 g/mol. The van der Waals surface area contributed by atoms with Crippen LogP contribution in [0.5, 0.6) is 0 Å². The molecule has 0 aliphatic heterocycles. The Morgan fingerprint density at radius 1 is 1.23 bits per heavy atom. The van der Waals surface area contributed by atoms with Gasteiger partial charge < -0.3 is 5.32 Å². The molecule has 0 aliphatic carbocycles. The molecule has 1 aromatic heterocycles. The Bertz CT molecular complexity index is 674. The summed E-state index contributed by atoms with van der Waals surface area (Å²) in [6, 6.07) is 7.88. The number of aryl methyl sites for hydroxylation is 1. The molecule has 0 bridgehead atoms. The number of thioether (sulfide) groups is 1. The van der Waals surface area contributed by atoms with Crippen LogP contribution >= 0.6 is 23.1 Å². The maximum Gasteiger partial charge on any atom is 0.248 e. The van der Waals surface area contributed by atoms with Gasteiger partial charge >= 0.3 is 0 Å². The maximum absolute atomic E-state index is 11.5. The zero-order valence-corrected chi connectivity index (χ0v) is 13.7. The minimum absolute atomic E-state index is 0.152. The third-order valence-corrected chi connectivity index (χ3v) is 4.47. The number of para-hydroxylation sites is 1. The molecule has 9 heteroatoms. The first kappa shape index (κ1) is 16.2. The van der Waals surface area contributed by atoms with Crippen LogP contribution in [0.25, 0.3) is 0 Å². The van der Waals surface area contributed by atoms with Crippen molar-refractivity contribution < 1.29 is 9.59 Å². The number of hydrogen-bond donors (Lipinski definition) is 3. The Morgan fingerprint density at radius 2 is 2.00 bits per heavy atom. The first-order chi connectivity index (χ1) is 10.5. The fourth-order valence-corrected chi connectivity index (χ4v) is 3.03. The van der Waals surface area contributed by atoms with Gasteiger partial charge in [0.2, 0.25) is 16.9 Å². The summed E-state index contributed by atoms with van der Waals surface area (Å²) in [6.07, 6.45) is 0. The number of hydrazine groups is 1. The van der Waals surface area contributed by atoms with Gasteiger partial charge in [-0.25, -0.2) is 0 Å². The van der Waals surface area contributed by atoms with Gasteiger partial charge in [0.15, 0.2) is 4.34 Å². The van der Waals surface area contributed by atoms with Crippen LogP contribution in [-0.4, -0.2) is 27.8 Å². The maximum atomic E-state index is 11.5. The van der Waals surface area contributed by atoms with E-state index in [1.807, 2.05) is 31.2 Å². The van der Waals surface area contributed by atoms with E-state index in [1.54, 1.807) is 0 Å². The number of rotatable bonds is 5. The summed E-state index contributed by atoms with van der Waals surface area (Å²) in [5.74, 6) is -0.470. The molecule has 0 aliphatic rings. The number of nitrogens with one attached hydrogen (secondary N) is 3. The van der Waals surface area contributed by atoms with E-state index in [-0.39, 0.29) is 17.6 Å². The van der Waals surface area contributed by atoms with E-state index in [1.165, 1.54) is 30.0 Å². The summed E-state index contributed by atoms with van der Waals surface area (Å²) in [4.78, 5) is 22.1. The highest BCUT2D eigenvalue weighted by molar-refractivity contribution is 8.01. The molecular formula is C13H15N5O2S2.